The summed E-state index contributed by atoms with van der Waals surface area (Å²) < 4.78 is 2.23. The summed E-state index contributed by atoms with van der Waals surface area (Å²) in [5, 5.41) is 32.8. The van der Waals surface area contributed by atoms with Crippen molar-refractivity contribution < 1.29 is 5.11 Å². The van der Waals surface area contributed by atoms with Gasteiger partial charge in [0.25, 0.3) is 5.56 Å². The third-order valence-corrected chi connectivity index (χ3v) is 6.36. The number of hydrogen-bond acceptors (Lipinski definition) is 6. The second kappa shape index (κ2) is 6.91. The normalized spacial score (nSPS) is 11.2. The van der Waals surface area contributed by atoms with Gasteiger partial charge >= 0.3 is 0 Å². The van der Waals surface area contributed by atoms with Crippen LogP contribution in [0.2, 0.25) is 0 Å². The molecule has 3 heterocycles. The van der Waals surface area contributed by atoms with E-state index in [1.54, 1.807) is 10.9 Å². The second-order valence-electron chi connectivity index (χ2n) is 6.86. The number of thiophene rings is 1. The maximum atomic E-state index is 12.2. The lowest BCUT2D eigenvalue weighted by molar-refractivity contribution is 0.277. The molecule has 3 aromatic heterocycles. The summed E-state index contributed by atoms with van der Waals surface area (Å²) in [6.45, 7) is -0.271. The molecule has 146 valence electrons. The fourth-order valence-corrected chi connectivity index (χ4v) is 4.86. The van der Waals surface area contributed by atoms with Crippen LogP contribution in [0.4, 0.5) is 0 Å². The Morgan fingerprint density at radius 1 is 1.20 bits per heavy atom. The van der Waals surface area contributed by atoms with E-state index in [0.717, 1.165) is 32.5 Å². The lowest BCUT2D eigenvalue weighted by Crippen LogP contribution is -2.08. The second-order valence-corrected chi connectivity index (χ2v) is 7.91. The summed E-state index contributed by atoms with van der Waals surface area (Å²) in [5.41, 5.74) is 3.08. The van der Waals surface area contributed by atoms with E-state index in [4.69, 9.17) is 0 Å². The van der Waals surface area contributed by atoms with Gasteiger partial charge in [-0.3, -0.25) is 9.48 Å². The van der Waals surface area contributed by atoms with Crippen LogP contribution in [-0.4, -0.2) is 25.1 Å². The monoisotopic (exact) mass is 413 g/mol. The number of benzene rings is 2. The van der Waals surface area contributed by atoms with Crippen molar-refractivity contribution in [3.63, 3.8) is 0 Å². The number of aromatic amines is 1. The van der Waals surface area contributed by atoms with Crippen LogP contribution in [0.25, 0.3) is 42.6 Å². The highest BCUT2D eigenvalue weighted by Gasteiger charge is 2.20. The number of nitriles is 1. The van der Waals surface area contributed by atoms with Gasteiger partial charge < -0.3 is 5.11 Å². The van der Waals surface area contributed by atoms with Crippen LogP contribution >= 0.6 is 11.3 Å². The summed E-state index contributed by atoms with van der Waals surface area (Å²) in [6, 6.07) is 15.9. The number of aryl methyl sites for hydroxylation is 1. The van der Waals surface area contributed by atoms with Gasteiger partial charge in [0.05, 0.1) is 29.8 Å². The predicted octanol–water partition coefficient (Wildman–Crippen LogP) is 3.57. The van der Waals surface area contributed by atoms with Crippen LogP contribution in [-0.2, 0) is 13.7 Å². The maximum Gasteiger partial charge on any atom is 0.282 e. The lowest BCUT2D eigenvalue weighted by Gasteiger charge is -2.10. The molecule has 2 N–H and O–H groups in total. The zero-order chi connectivity index (χ0) is 20.8. The molecule has 0 aliphatic carbocycles. The first-order valence-electron chi connectivity index (χ1n) is 9.19. The van der Waals surface area contributed by atoms with Gasteiger partial charge in [-0.05, 0) is 11.5 Å². The van der Waals surface area contributed by atoms with Crippen LogP contribution in [0.5, 0.6) is 0 Å². The quantitative estimate of drug-likeness (QED) is 0.470. The summed E-state index contributed by atoms with van der Waals surface area (Å²) in [4.78, 5) is 13.1. The van der Waals surface area contributed by atoms with E-state index in [-0.39, 0.29) is 12.2 Å². The molecule has 0 fully saturated rings. The topological polar surface area (TPSA) is 108 Å². The molecule has 0 atom stereocenters. The SMILES string of the molecule is Cn1ncc(-c2cc3c(CO)n[nH]c(=O)c3s2)c1-c1ccc2ccccc2c1C#N. The average molecular weight is 413 g/mol. The molecule has 0 radical (unpaired) electrons. The van der Waals surface area contributed by atoms with Crippen molar-refractivity contribution >= 4 is 32.2 Å². The molecule has 0 bridgehead atoms. The van der Waals surface area contributed by atoms with Gasteiger partial charge in [-0.25, -0.2) is 5.10 Å². The van der Waals surface area contributed by atoms with Crippen LogP contribution < -0.4 is 5.56 Å². The van der Waals surface area contributed by atoms with E-state index >= 15 is 0 Å². The van der Waals surface area contributed by atoms with Crippen molar-refractivity contribution in [2.24, 2.45) is 7.05 Å². The first-order chi connectivity index (χ1) is 14.6. The Morgan fingerprint density at radius 2 is 2.03 bits per heavy atom. The van der Waals surface area contributed by atoms with E-state index in [1.165, 1.54) is 11.3 Å². The molecule has 7 nitrogen and oxygen atoms in total. The maximum absolute atomic E-state index is 12.2. The van der Waals surface area contributed by atoms with Crippen molar-refractivity contribution in [3.8, 4) is 27.8 Å². The number of nitrogens with zero attached hydrogens (tertiary/aromatic N) is 4. The molecular weight excluding hydrogens is 398 g/mol. The zero-order valence-corrected chi connectivity index (χ0v) is 16.7. The Morgan fingerprint density at radius 3 is 2.83 bits per heavy atom. The van der Waals surface area contributed by atoms with Gasteiger partial charge in [0.15, 0.2) is 0 Å². The third-order valence-electron chi connectivity index (χ3n) is 5.19. The fraction of sp³-hybridized carbons (Fsp3) is 0.0909. The molecule has 8 heteroatoms. The van der Waals surface area contributed by atoms with Gasteiger partial charge in [0.2, 0.25) is 0 Å². The van der Waals surface area contributed by atoms with E-state index < -0.39 is 0 Å². The summed E-state index contributed by atoms with van der Waals surface area (Å²) in [5.74, 6) is 0. The standard InChI is InChI=1S/C22H15N5O2S/c1-27-20(14-7-6-12-4-2-3-5-13(12)16(14)9-23)17(10-24-27)19-8-15-18(11-28)25-26-22(29)21(15)30-19/h2-8,10,28H,11H2,1H3,(H,26,29). The molecule has 30 heavy (non-hydrogen) atoms. The van der Waals surface area contributed by atoms with Gasteiger partial charge in [-0.2, -0.15) is 15.5 Å². The molecular formula is C22H15N5O2S. The van der Waals surface area contributed by atoms with Crippen LogP contribution in [0, 0.1) is 11.3 Å². The molecule has 0 aliphatic heterocycles. The minimum absolute atomic E-state index is 0.271. The number of fused-ring (bicyclic) bond motifs is 2. The molecule has 5 rings (SSSR count). The number of aliphatic hydroxyl groups excluding tert-OH is 1. The summed E-state index contributed by atoms with van der Waals surface area (Å²) in [6.07, 6.45) is 1.73. The highest BCUT2D eigenvalue weighted by Crippen LogP contribution is 2.40. The van der Waals surface area contributed by atoms with Crippen molar-refractivity contribution in [2.45, 2.75) is 6.61 Å². The molecule has 5 aromatic rings. The minimum atomic E-state index is -0.299. The largest absolute Gasteiger partial charge is 0.390 e. The van der Waals surface area contributed by atoms with Crippen molar-refractivity contribution in [1.82, 2.24) is 20.0 Å². The third kappa shape index (κ3) is 2.64. The molecule has 0 spiro atoms. The molecule has 0 amide bonds. The number of aromatic nitrogens is 4. The van der Waals surface area contributed by atoms with E-state index in [2.05, 4.69) is 21.4 Å². The molecule has 0 unspecified atom stereocenters. The Balaban J connectivity index is 1.80. The van der Waals surface area contributed by atoms with E-state index in [1.807, 2.05) is 49.5 Å². The number of rotatable bonds is 3. The van der Waals surface area contributed by atoms with Gasteiger partial charge in [0, 0.05) is 33.8 Å². The molecule has 0 aliphatic rings. The minimum Gasteiger partial charge on any atom is -0.390 e. The summed E-state index contributed by atoms with van der Waals surface area (Å²) >= 11 is 1.31. The Hall–Kier alpha value is -3.80. The van der Waals surface area contributed by atoms with Gasteiger partial charge in [0.1, 0.15) is 10.8 Å². The predicted molar refractivity (Wildman–Crippen MR) is 116 cm³/mol. The zero-order valence-electron chi connectivity index (χ0n) is 15.9. The molecule has 0 saturated carbocycles. The van der Waals surface area contributed by atoms with Crippen LogP contribution in [0.15, 0.2) is 53.5 Å². The Labute approximate surface area is 174 Å². The van der Waals surface area contributed by atoms with Gasteiger partial charge in [-0.1, -0.05) is 36.4 Å². The number of aliphatic hydroxyl groups is 1. The number of H-pyrrole nitrogens is 1. The van der Waals surface area contributed by atoms with E-state index in [0.29, 0.717) is 21.3 Å². The van der Waals surface area contributed by atoms with Crippen molar-refractivity contribution in [3.05, 3.63) is 70.3 Å². The van der Waals surface area contributed by atoms with Crippen molar-refractivity contribution in [1.29, 1.82) is 5.26 Å². The smallest absolute Gasteiger partial charge is 0.282 e. The lowest BCUT2D eigenvalue weighted by atomic mass is 9.96. The highest BCUT2D eigenvalue weighted by molar-refractivity contribution is 7.22. The van der Waals surface area contributed by atoms with Crippen molar-refractivity contribution in [2.75, 3.05) is 0 Å². The Bertz CT molecular complexity index is 1540. The highest BCUT2D eigenvalue weighted by atomic mass is 32.1. The van der Waals surface area contributed by atoms with Crippen LogP contribution in [0.1, 0.15) is 11.3 Å². The first kappa shape index (κ1) is 18.2. The number of nitrogens with one attached hydrogen (secondary N) is 1. The van der Waals surface area contributed by atoms with Crippen LogP contribution in [0.3, 0.4) is 0 Å². The summed E-state index contributed by atoms with van der Waals surface area (Å²) in [7, 11) is 1.83. The molecule has 0 saturated heterocycles. The number of hydrogen-bond donors (Lipinski definition) is 2. The first-order valence-corrected chi connectivity index (χ1v) is 10.0. The molecule has 2 aromatic carbocycles. The van der Waals surface area contributed by atoms with E-state index in [9.17, 15) is 15.2 Å². The fourth-order valence-electron chi connectivity index (χ4n) is 3.78. The average Bonchev–Trinajstić information content (AvgIpc) is 3.37. The van der Waals surface area contributed by atoms with Gasteiger partial charge in [-0.15, -0.1) is 11.3 Å². The Kier molecular flexibility index (Phi) is 4.20.